The molecule has 0 radical (unpaired) electrons. The lowest BCUT2D eigenvalue weighted by atomic mass is 10.1. The van der Waals surface area contributed by atoms with Crippen molar-refractivity contribution in [2.75, 3.05) is 11.9 Å². The number of hydrogen-bond acceptors (Lipinski definition) is 4. The molecule has 112 valence electrons. The topological polar surface area (TPSA) is 54.4 Å². The van der Waals surface area contributed by atoms with E-state index in [0.717, 1.165) is 33.7 Å². The van der Waals surface area contributed by atoms with Crippen LogP contribution < -0.4 is 10.1 Å². The number of aromatic nitrogens is 1. The van der Waals surface area contributed by atoms with Gasteiger partial charge in [-0.3, -0.25) is 0 Å². The summed E-state index contributed by atoms with van der Waals surface area (Å²) < 4.78 is 5.43. The van der Waals surface area contributed by atoms with Crippen LogP contribution in [0.4, 0.5) is 11.5 Å². The Hall–Kier alpha value is -2.75. The number of fused-ring (bicyclic) bond motifs is 1. The van der Waals surface area contributed by atoms with Crippen LogP contribution in [0.1, 0.15) is 12.5 Å². The number of aromatic hydroxyl groups is 1. The SMILES string of the molecule is CCOc1ccc(Nc2cc(C)c3ccc(O)cc3n2)cc1. The minimum Gasteiger partial charge on any atom is -0.508 e. The van der Waals surface area contributed by atoms with Crippen LogP contribution in [0.15, 0.2) is 48.5 Å². The highest BCUT2D eigenvalue weighted by atomic mass is 16.5. The highest BCUT2D eigenvalue weighted by molar-refractivity contribution is 5.85. The lowest BCUT2D eigenvalue weighted by Gasteiger charge is -2.10. The Morgan fingerprint density at radius 1 is 1.09 bits per heavy atom. The molecular formula is C18H18N2O2. The summed E-state index contributed by atoms with van der Waals surface area (Å²) in [6.07, 6.45) is 0. The normalized spacial score (nSPS) is 10.6. The standard InChI is InChI=1S/C18H18N2O2/c1-3-22-15-7-4-13(5-8-15)19-18-10-12(2)16-9-6-14(21)11-17(16)20-18/h4-11,21H,3H2,1-2H3,(H,19,20). The molecule has 22 heavy (non-hydrogen) atoms. The number of pyridine rings is 1. The van der Waals surface area contributed by atoms with E-state index >= 15 is 0 Å². The van der Waals surface area contributed by atoms with Gasteiger partial charge in [-0.1, -0.05) is 0 Å². The molecule has 2 aromatic carbocycles. The fourth-order valence-electron chi connectivity index (χ4n) is 2.40. The molecular weight excluding hydrogens is 276 g/mol. The molecule has 0 saturated heterocycles. The first-order chi connectivity index (χ1) is 10.7. The molecule has 1 heterocycles. The quantitative estimate of drug-likeness (QED) is 0.749. The van der Waals surface area contributed by atoms with E-state index in [1.54, 1.807) is 12.1 Å². The third-order valence-corrected chi connectivity index (χ3v) is 3.44. The third-order valence-electron chi connectivity index (χ3n) is 3.44. The van der Waals surface area contributed by atoms with Crippen molar-refractivity contribution in [2.24, 2.45) is 0 Å². The van der Waals surface area contributed by atoms with Gasteiger partial charge in [-0.05, 0) is 61.9 Å². The molecule has 4 nitrogen and oxygen atoms in total. The molecule has 3 aromatic rings. The van der Waals surface area contributed by atoms with E-state index in [1.165, 1.54) is 0 Å². The largest absolute Gasteiger partial charge is 0.508 e. The Bertz CT molecular complexity index is 798. The fraction of sp³-hybridized carbons (Fsp3) is 0.167. The maximum atomic E-state index is 9.61. The summed E-state index contributed by atoms with van der Waals surface area (Å²) in [6.45, 7) is 4.65. The highest BCUT2D eigenvalue weighted by Gasteiger charge is 2.04. The summed E-state index contributed by atoms with van der Waals surface area (Å²) in [5.74, 6) is 1.82. The highest BCUT2D eigenvalue weighted by Crippen LogP contribution is 2.26. The molecule has 0 aliphatic heterocycles. The smallest absolute Gasteiger partial charge is 0.131 e. The second-order valence-electron chi connectivity index (χ2n) is 5.11. The minimum atomic E-state index is 0.220. The third kappa shape index (κ3) is 2.96. The van der Waals surface area contributed by atoms with Crippen molar-refractivity contribution < 1.29 is 9.84 Å². The Morgan fingerprint density at radius 3 is 2.59 bits per heavy atom. The second-order valence-corrected chi connectivity index (χ2v) is 5.11. The molecule has 0 saturated carbocycles. The monoisotopic (exact) mass is 294 g/mol. The fourth-order valence-corrected chi connectivity index (χ4v) is 2.40. The number of rotatable bonds is 4. The molecule has 0 atom stereocenters. The zero-order valence-electron chi connectivity index (χ0n) is 12.6. The first-order valence-corrected chi connectivity index (χ1v) is 7.26. The number of anilines is 2. The van der Waals surface area contributed by atoms with E-state index in [4.69, 9.17) is 4.74 Å². The van der Waals surface area contributed by atoms with Crippen LogP contribution in [-0.4, -0.2) is 16.7 Å². The molecule has 1 aromatic heterocycles. The van der Waals surface area contributed by atoms with Crippen LogP contribution in [0, 0.1) is 6.92 Å². The number of nitrogens with one attached hydrogen (secondary N) is 1. The first-order valence-electron chi connectivity index (χ1n) is 7.26. The molecule has 3 rings (SSSR count). The Labute approximate surface area is 129 Å². The summed E-state index contributed by atoms with van der Waals surface area (Å²) >= 11 is 0. The van der Waals surface area contributed by atoms with Gasteiger partial charge in [0.05, 0.1) is 12.1 Å². The Kier molecular flexibility index (Phi) is 3.83. The number of aryl methyl sites for hydroxylation is 1. The Balaban J connectivity index is 1.90. The average Bonchev–Trinajstić information content (AvgIpc) is 2.49. The maximum Gasteiger partial charge on any atom is 0.131 e. The summed E-state index contributed by atoms with van der Waals surface area (Å²) in [5, 5.41) is 13.9. The lowest BCUT2D eigenvalue weighted by Crippen LogP contribution is -1.96. The number of hydrogen-bond donors (Lipinski definition) is 2. The van der Waals surface area contributed by atoms with Gasteiger partial charge in [-0.25, -0.2) is 4.98 Å². The van der Waals surface area contributed by atoms with Crippen molar-refractivity contribution in [3.05, 3.63) is 54.1 Å². The minimum absolute atomic E-state index is 0.220. The molecule has 0 unspecified atom stereocenters. The van der Waals surface area contributed by atoms with Gasteiger partial charge in [0.1, 0.15) is 17.3 Å². The van der Waals surface area contributed by atoms with Crippen LogP contribution in [-0.2, 0) is 0 Å². The second kappa shape index (κ2) is 5.93. The van der Waals surface area contributed by atoms with Crippen molar-refractivity contribution in [1.82, 2.24) is 4.98 Å². The van der Waals surface area contributed by atoms with Crippen LogP contribution in [0.5, 0.6) is 11.5 Å². The van der Waals surface area contributed by atoms with Gasteiger partial charge in [-0.2, -0.15) is 0 Å². The van der Waals surface area contributed by atoms with Gasteiger partial charge < -0.3 is 15.2 Å². The molecule has 0 spiro atoms. The number of nitrogens with zero attached hydrogens (tertiary/aromatic N) is 1. The molecule has 0 amide bonds. The van der Waals surface area contributed by atoms with Gasteiger partial charge in [0.15, 0.2) is 0 Å². The van der Waals surface area contributed by atoms with Crippen LogP contribution in [0.3, 0.4) is 0 Å². The predicted octanol–water partition coefficient (Wildman–Crippen LogP) is 4.39. The predicted molar refractivity (Wildman–Crippen MR) is 89.0 cm³/mol. The van der Waals surface area contributed by atoms with Gasteiger partial charge in [0.2, 0.25) is 0 Å². The van der Waals surface area contributed by atoms with E-state index in [9.17, 15) is 5.11 Å². The van der Waals surface area contributed by atoms with Crippen molar-refractivity contribution in [1.29, 1.82) is 0 Å². The molecule has 0 fully saturated rings. The van der Waals surface area contributed by atoms with Crippen molar-refractivity contribution in [3.8, 4) is 11.5 Å². The summed E-state index contributed by atoms with van der Waals surface area (Å²) in [4.78, 5) is 4.55. The van der Waals surface area contributed by atoms with Crippen LogP contribution in [0.25, 0.3) is 10.9 Å². The van der Waals surface area contributed by atoms with E-state index in [0.29, 0.717) is 6.61 Å². The summed E-state index contributed by atoms with van der Waals surface area (Å²) in [7, 11) is 0. The average molecular weight is 294 g/mol. The van der Waals surface area contributed by atoms with E-state index in [-0.39, 0.29) is 5.75 Å². The van der Waals surface area contributed by atoms with Gasteiger partial charge in [-0.15, -0.1) is 0 Å². The zero-order valence-corrected chi connectivity index (χ0v) is 12.6. The van der Waals surface area contributed by atoms with Crippen molar-refractivity contribution in [2.45, 2.75) is 13.8 Å². The lowest BCUT2D eigenvalue weighted by molar-refractivity contribution is 0.340. The number of phenols is 1. The molecule has 0 aliphatic carbocycles. The molecule has 0 aliphatic rings. The summed E-state index contributed by atoms with van der Waals surface area (Å²) in [6, 6.07) is 15.0. The number of benzene rings is 2. The van der Waals surface area contributed by atoms with E-state index < -0.39 is 0 Å². The maximum absolute atomic E-state index is 9.61. The van der Waals surface area contributed by atoms with Gasteiger partial charge in [0.25, 0.3) is 0 Å². The summed E-state index contributed by atoms with van der Waals surface area (Å²) in [5.41, 5.74) is 2.82. The van der Waals surface area contributed by atoms with Crippen molar-refractivity contribution >= 4 is 22.4 Å². The molecule has 2 N–H and O–H groups in total. The Morgan fingerprint density at radius 2 is 1.86 bits per heavy atom. The first kappa shape index (κ1) is 14.2. The molecule has 0 bridgehead atoms. The van der Waals surface area contributed by atoms with E-state index in [1.807, 2.05) is 50.2 Å². The van der Waals surface area contributed by atoms with Crippen LogP contribution in [0.2, 0.25) is 0 Å². The van der Waals surface area contributed by atoms with Gasteiger partial charge in [0, 0.05) is 17.1 Å². The van der Waals surface area contributed by atoms with Gasteiger partial charge >= 0.3 is 0 Å². The van der Waals surface area contributed by atoms with Crippen molar-refractivity contribution in [3.63, 3.8) is 0 Å². The number of ether oxygens (including phenoxy) is 1. The van der Waals surface area contributed by atoms with E-state index in [2.05, 4.69) is 10.3 Å². The number of phenolic OH excluding ortho intramolecular Hbond substituents is 1. The molecule has 4 heteroatoms. The zero-order chi connectivity index (χ0) is 15.5. The van der Waals surface area contributed by atoms with Crippen LogP contribution >= 0.6 is 0 Å².